The van der Waals surface area contributed by atoms with E-state index >= 15 is 0 Å². The van der Waals surface area contributed by atoms with Gasteiger partial charge in [-0.1, -0.05) is 107 Å². The largest absolute Gasteiger partial charge is 0.242 e. The Hall–Kier alpha value is -3.85. The van der Waals surface area contributed by atoms with Gasteiger partial charge in [0.1, 0.15) is 0 Å². The lowest BCUT2D eigenvalue weighted by atomic mass is 9.39. The summed E-state index contributed by atoms with van der Waals surface area (Å²) in [6.07, 6.45) is 0. The van der Waals surface area contributed by atoms with Crippen molar-refractivity contribution < 1.29 is 0 Å². The zero-order chi connectivity index (χ0) is 21.7. The SMILES string of the molecule is Cc1nn(-c2ccccc2)c(C)c1-c1ccc2c(c1)B(c1ccccc1)c1ccccc1-2. The number of aromatic nitrogens is 2. The minimum Gasteiger partial charge on any atom is -0.237 e. The fourth-order valence-electron chi connectivity index (χ4n) is 5.25. The lowest BCUT2D eigenvalue weighted by molar-refractivity contribution is 0.834. The van der Waals surface area contributed by atoms with Crippen molar-refractivity contribution >= 4 is 23.1 Å². The molecule has 2 nitrogen and oxygen atoms in total. The van der Waals surface area contributed by atoms with Gasteiger partial charge < -0.3 is 0 Å². The predicted octanol–water partition coefficient (Wildman–Crippen LogP) is 4.65. The molecule has 0 radical (unpaired) electrons. The van der Waals surface area contributed by atoms with Gasteiger partial charge >= 0.3 is 0 Å². The number of rotatable bonds is 3. The smallest absolute Gasteiger partial charge is 0.237 e. The summed E-state index contributed by atoms with van der Waals surface area (Å²) in [4.78, 5) is 0. The van der Waals surface area contributed by atoms with Crippen LogP contribution in [0.5, 0.6) is 0 Å². The Bertz CT molecular complexity index is 1440. The lowest BCUT2D eigenvalue weighted by Crippen LogP contribution is -2.48. The van der Waals surface area contributed by atoms with Crippen LogP contribution in [0.3, 0.4) is 0 Å². The Balaban J connectivity index is 1.53. The van der Waals surface area contributed by atoms with Crippen LogP contribution >= 0.6 is 0 Å². The summed E-state index contributed by atoms with van der Waals surface area (Å²) < 4.78 is 2.06. The van der Waals surface area contributed by atoms with Crippen molar-refractivity contribution in [2.24, 2.45) is 0 Å². The van der Waals surface area contributed by atoms with E-state index in [0.717, 1.165) is 11.4 Å². The van der Waals surface area contributed by atoms with Crippen LogP contribution < -0.4 is 16.4 Å². The molecule has 0 saturated heterocycles. The van der Waals surface area contributed by atoms with Crippen molar-refractivity contribution in [3.8, 4) is 27.9 Å². The molecule has 6 rings (SSSR count). The van der Waals surface area contributed by atoms with Gasteiger partial charge in [-0.05, 0) is 42.7 Å². The van der Waals surface area contributed by atoms with Crippen molar-refractivity contribution in [3.63, 3.8) is 0 Å². The molecule has 152 valence electrons. The number of aryl methyl sites for hydroxylation is 1. The Morgan fingerprint density at radius 2 is 1.31 bits per heavy atom. The Morgan fingerprint density at radius 3 is 2.09 bits per heavy atom. The van der Waals surface area contributed by atoms with E-state index in [1.165, 1.54) is 44.3 Å². The highest BCUT2D eigenvalue weighted by molar-refractivity contribution is 6.99. The van der Waals surface area contributed by atoms with Crippen LogP contribution in [0.25, 0.3) is 27.9 Å². The van der Waals surface area contributed by atoms with Crippen molar-refractivity contribution in [2.45, 2.75) is 13.8 Å². The first-order valence-corrected chi connectivity index (χ1v) is 11.1. The number of fused-ring (bicyclic) bond motifs is 3. The molecule has 5 aromatic rings. The van der Waals surface area contributed by atoms with Crippen molar-refractivity contribution in [1.29, 1.82) is 0 Å². The molecule has 4 aromatic carbocycles. The van der Waals surface area contributed by atoms with Crippen LogP contribution in [0.1, 0.15) is 11.4 Å². The van der Waals surface area contributed by atoms with E-state index in [9.17, 15) is 0 Å². The molecule has 0 fully saturated rings. The van der Waals surface area contributed by atoms with Gasteiger partial charge in [0.05, 0.1) is 11.4 Å². The second-order valence-corrected chi connectivity index (χ2v) is 8.53. The highest BCUT2D eigenvalue weighted by Gasteiger charge is 2.33. The Morgan fingerprint density at radius 1 is 0.656 bits per heavy atom. The van der Waals surface area contributed by atoms with Crippen LogP contribution in [0.15, 0.2) is 103 Å². The van der Waals surface area contributed by atoms with Crippen LogP contribution in [0.4, 0.5) is 0 Å². The maximum absolute atomic E-state index is 4.88. The van der Waals surface area contributed by atoms with E-state index in [-0.39, 0.29) is 6.71 Å². The van der Waals surface area contributed by atoms with Crippen molar-refractivity contribution in [3.05, 3.63) is 115 Å². The van der Waals surface area contributed by atoms with Gasteiger partial charge in [0.15, 0.2) is 0 Å². The minimum atomic E-state index is 0.257. The third-order valence-electron chi connectivity index (χ3n) is 6.64. The topological polar surface area (TPSA) is 17.8 Å². The Labute approximate surface area is 189 Å². The first-order chi connectivity index (χ1) is 15.7. The van der Waals surface area contributed by atoms with Crippen LogP contribution in [0, 0.1) is 13.8 Å². The minimum absolute atomic E-state index is 0.257. The predicted molar refractivity (Wildman–Crippen MR) is 135 cm³/mol. The molecular formula is C29H23BN2. The zero-order valence-electron chi connectivity index (χ0n) is 18.3. The molecule has 0 aliphatic carbocycles. The van der Waals surface area contributed by atoms with Gasteiger partial charge in [-0.3, -0.25) is 0 Å². The van der Waals surface area contributed by atoms with Gasteiger partial charge in [-0.25, -0.2) is 4.68 Å². The normalized spacial score (nSPS) is 12.0. The van der Waals surface area contributed by atoms with E-state index in [0.29, 0.717) is 0 Å². The molecule has 0 N–H and O–H groups in total. The molecule has 0 bridgehead atoms. The maximum Gasteiger partial charge on any atom is 0.242 e. The average Bonchev–Trinajstić information content (AvgIpc) is 3.33. The van der Waals surface area contributed by atoms with Gasteiger partial charge in [0, 0.05) is 11.3 Å². The Kier molecular flexibility index (Phi) is 4.36. The van der Waals surface area contributed by atoms with Crippen LogP contribution in [-0.2, 0) is 0 Å². The molecule has 2 heterocycles. The second-order valence-electron chi connectivity index (χ2n) is 8.53. The zero-order valence-corrected chi connectivity index (χ0v) is 18.3. The molecule has 1 aliphatic rings. The summed E-state index contributed by atoms with van der Waals surface area (Å²) in [7, 11) is 0. The maximum atomic E-state index is 4.88. The number of para-hydroxylation sites is 1. The fourth-order valence-corrected chi connectivity index (χ4v) is 5.25. The molecular weight excluding hydrogens is 387 g/mol. The van der Waals surface area contributed by atoms with Gasteiger partial charge in [0.25, 0.3) is 0 Å². The number of benzene rings is 4. The van der Waals surface area contributed by atoms with Gasteiger partial charge in [0.2, 0.25) is 6.71 Å². The summed E-state index contributed by atoms with van der Waals surface area (Å²) in [5.41, 5.74) is 12.5. The van der Waals surface area contributed by atoms with E-state index in [1.54, 1.807) is 0 Å². The second kappa shape index (κ2) is 7.38. The van der Waals surface area contributed by atoms with E-state index in [2.05, 4.69) is 116 Å². The first-order valence-electron chi connectivity index (χ1n) is 11.1. The lowest BCUT2D eigenvalue weighted by Gasteiger charge is -2.12. The number of hydrogen-bond donors (Lipinski definition) is 0. The highest BCUT2D eigenvalue weighted by Crippen LogP contribution is 2.31. The molecule has 0 atom stereocenters. The number of hydrogen-bond acceptors (Lipinski definition) is 1. The van der Waals surface area contributed by atoms with E-state index in [4.69, 9.17) is 5.10 Å². The van der Waals surface area contributed by atoms with Crippen molar-refractivity contribution in [2.75, 3.05) is 0 Å². The molecule has 0 unspecified atom stereocenters. The standard InChI is InChI=1S/C29H23BN2/c1-20-29(21(2)32(31-20)24-13-7-4-8-14-24)22-17-18-26-25-15-9-10-16-27(25)30(28(26)19-22)23-11-5-3-6-12-23/h3-19H,1-2H3. The average molecular weight is 410 g/mol. The summed E-state index contributed by atoms with van der Waals surface area (Å²) in [6, 6.07) is 37.0. The number of nitrogens with zero attached hydrogens (tertiary/aromatic N) is 2. The fraction of sp³-hybridized carbons (Fsp3) is 0.0690. The van der Waals surface area contributed by atoms with Crippen LogP contribution in [0.2, 0.25) is 0 Å². The summed E-state index contributed by atoms with van der Waals surface area (Å²) in [5.74, 6) is 0. The first kappa shape index (κ1) is 18.9. The molecule has 0 amide bonds. The molecule has 0 saturated carbocycles. The molecule has 32 heavy (non-hydrogen) atoms. The van der Waals surface area contributed by atoms with E-state index < -0.39 is 0 Å². The van der Waals surface area contributed by atoms with Crippen molar-refractivity contribution in [1.82, 2.24) is 9.78 Å². The quantitative estimate of drug-likeness (QED) is 0.389. The van der Waals surface area contributed by atoms with Gasteiger partial charge in [-0.15, -0.1) is 0 Å². The molecule has 3 heteroatoms. The van der Waals surface area contributed by atoms with Gasteiger partial charge in [-0.2, -0.15) is 5.10 Å². The summed E-state index contributed by atoms with van der Waals surface area (Å²) in [6.45, 7) is 4.53. The molecule has 0 spiro atoms. The monoisotopic (exact) mass is 410 g/mol. The molecule has 1 aromatic heterocycles. The highest BCUT2D eigenvalue weighted by atomic mass is 15.3. The third-order valence-corrected chi connectivity index (χ3v) is 6.64. The molecule has 1 aliphatic heterocycles. The third kappa shape index (κ3) is 2.85. The summed E-state index contributed by atoms with van der Waals surface area (Å²) >= 11 is 0. The summed E-state index contributed by atoms with van der Waals surface area (Å²) in [5, 5.41) is 4.88. The van der Waals surface area contributed by atoms with Crippen LogP contribution in [-0.4, -0.2) is 16.5 Å². The van der Waals surface area contributed by atoms with E-state index in [1.807, 2.05) is 6.07 Å².